The van der Waals surface area contributed by atoms with Crippen molar-refractivity contribution in [3.05, 3.63) is 35.6 Å². The van der Waals surface area contributed by atoms with Crippen LogP contribution in [-0.4, -0.2) is 43.8 Å². The van der Waals surface area contributed by atoms with Crippen LogP contribution in [0.2, 0.25) is 0 Å². The molecule has 0 N–H and O–H groups in total. The molecule has 0 aromatic carbocycles. The molecular formula is C19H24O7. The first-order valence-electron chi connectivity index (χ1n) is 8.58. The summed E-state index contributed by atoms with van der Waals surface area (Å²) in [5.74, 6) is -0.714. The van der Waals surface area contributed by atoms with E-state index in [2.05, 4.69) is 0 Å². The average Bonchev–Trinajstić information content (AvgIpc) is 2.63. The molecule has 1 unspecified atom stereocenters. The number of carbonyl (C=O) groups excluding carboxylic acids is 3. The van der Waals surface area contributed by atoms with Gasteiger partial charge in [0.2, 0.25) is 0 Å². The van der Waals surface area contributed by atoms with Crippen molar-refractivity contribution in [3.63, 3.8) is 0 Å². The first kappa shape index (κ1) is 19.8. The molecule has 2 rings (SSSR count). The van der Waals surface area contributed by atoms with Gasteiger partial charge in [-0.05, 0) is 44.1 Å². The van der Waals surface area contributed by atoms with Gasteiger partial charge in [0.15, 0.2) is 6.61 Å². The number of rotatable bonds is 8. The Morgan fingerprint density at radius 2 is 1.96 bits per heavy atom. The minimum absolute atomic E-state index is 0.0125. The van der Waals surface area contributed by atoms with E-state index in [1.807, 2.05) is 6.92 Å². The number of carbonyl (C=O) groups is 3. The molecule has 1 aliphatic heterocycles. The fourth-order valence-corrected chi connectivity index (χ4v) is 2.20. The standard InChI is InChI=1S/C19H24O7/c1-4-19(2,3)18(22)24-10-9-23-17(21)12-25-14-6-7-15-13(11-14)5-8-16(20)26-15/h5-6,8,11,15H,4,7,9-10,12H2,1-3H3. The molecule has 7 heteroatoms. The molecule has 1 aliphatic carbocycles. The Kier molecular flexibility index (Phi) is 6.60. The van der Waals surface area contributed by atoms with Crippen molar-refractivity contribution in [2.45, 2.75) is 39.7 Å². The quantitative estimate of drug-likeness (QED) is 0.371. The fraction of sp³-hybridized carbons (Fsp3) is 0.526. The van der Waals surface area contributed by atoms with Crippen molar-refractivity contribution in [1.82, 2.24) is 0 Å². The summed E-state index contributed by atoms with van der Waals surface area (Å²) in [6.07, 6.45) is 7.36. The molecule has 0 spiro atoms. The Hall–Kier alpha value is -2.57. The van der Waals surface area contributed by atoms with Gasteiger partial charge in [-0.25, -0.2) is 9.59 Å². The summed E-state index contributed by atoms with van der Waals surface area (Å²) in [6, 6.07) is 0. The zero-order valence-electron chi connectivity index (χ0n) is 15.3. The van der Waals surface area contributed by atoms with Gasteiger partial charge in [-0.2, -0.15) is 0 Å². The van der Waals surface area contributed by atoms with Crippen molar-refractivity contribution in [3.8, 4) is 0 Å². The first-order valence-corrected chi connectivity index (χ1v) is 8.58. The van der Waals surface area contributed by atoms with Gasteiger partial charge in [0.05, 0.1) is 5.41 Å². The second-order valence-electron chi connectivity index (χ2n) is 6.63. The fourth-order valence-electron chi connectivity index (χ4n) is 2.20. The molecule has 0 aromatic rings. The molecule has 0 saturated carbocycles. The molecule has 1 atom stereocenters. The summed E-state index contributed by atoms with van der Waals surface area (Å²) in [6.45, 7) is 5.25. The number of fused-ring (bicyclic) bond motifs is 1. The van der Waals surface area contributed by atoms with Crippen molar-refractivity contribution in [1.29, 1.82) is 0 Å². The van der Waals surface area contributed by atoms with Crippen LogP contribution in [0.5, 0.6) is 0 Å². The van der Waals surface area contributed by atoms with Crippen LogP contribution < -0.4 is 0 Å². The highest BCUT2D eigenvalue weighted by molar-refractivity contribution is 5.84. The Labute approximate surface area is 152 Å². The highest BCUT2D eigenvalue weighted by Crippen LogP contribution is 2.25. The molecule has 0 fully saturated rings. The van der Waals surface area contributed by atoms with E-state index in [0.717, 1.165) is 5.57 Å². The summed E-state index contributed by atoms with van der Waals surface area (Å²) in [7, 11) is 0. The number of hydrogen-bond acceptors (Lipinski definition) is 7. The second kappa shape index (κ2) is 8.69. The topological polar surface area (TPSA) is 88.1 Å². The van der Waals surface area contributed by atoms with Crippen LogP contribution in [-0.2, 0) is 33.3 Å². The predicted octanol–water partition coefficient (Wildman–Crippen LogP) is 2.22. The van der Waals surface area contributed by atoms with E-state index in [4.69, 9.17) is 18.9 Å². The number of allylic oxidation sites excluding steroid dienone is 1. The van der Waals surface area contributed by atoms with Gasteiger partial charge in [-0.1, -0.05) is 6.92 Å². The van der Waals surface area contributed by atoms with Crippen molar-refractivity contribution in [2.24, 2.45) is 5.41 Å². The van der Waals surface area contributed by atoms with E-state index in [1.165, 1.54) is 6.08 Å². The Morgan fingerprint density at radius 1 is 1.23 bits per heavy atom. The molecule has 7 nitrogen and oxygen atoms in total. The van der Waals surface area contributed by atoms with Crippen molar-refractivity contribution in [2.75, 3.05) is 19.8 Å². The maximum Gasteiger partial charge on any atom is 0.344 e. The van der Waals surface area contributed by atoms with Gasteiger partial charge in [-0.15, -0.1) is 0 Å². The van der Waals surface area contributed by atoms with Gasteiger partial charge in [0, 0.05) is 12.5 Å². The third-order valence-electron chi connectivity index (χ3n) is 4.26. The second-order valence-corrected chi connectivity index (χ2v) is 6.63. The van der Waals surface area contributed by atoms with Gasteiger partial charge in [-0.3, -0.25) is 4.79 Å². The van der Waals surface area contributed by atoms with Gasteiger partial charge in [0.1, 0.15) is 25.1 Å². The Morgan fingerprint density at radius 3 is 2.69 bits per heavy atom. The maximum atomic E-state index is 11.8. The molecule has 0 saturated heterocycles. The molecule has 26 heavy (non-hydrogen) atoms. The molecule has 0 aromatic heterocycles. The van der Waals surface area contributed by atoms with Gasteiger partial charge >= 0.3 is 17.9 Å². The zero-order valence-corrected chi connectivity index (χ0v) is 15.3. The minimum atomic E-state index is -0.553. The van der Waals surface area contributed by atoms with Crippen LogP contribution in [0.15, 0.2) is 35.6 Å². The van der Waals surface area contributed by atoms with Crippen molar-refractivity contribution < 1.29 is 33.3 Å². The normalized spacial score (nSPS) is 18.9. The molecule has 142 valence electrons. The lowest BCUT2D eigenvalue weighted by Gasteiger charge is -2.24. The largest absolute Gasteiger partial charge is 0.482 e. The number of esters is 3. The highest BCUT2D eigenvalue weighted by atomic mass is 16.6. The highest BCUT2D eigenvalue weighted by Gasteiger charge is 2.27. The first-order chi connectivity index (χ1) is 12.3. The van der Waals surface area contributed by atoms with E-state index in [9.17, 15) is 14.4 Å². The van der Waals surface area contributed by atoms with Crippen LogP contribution in [0.1, 0.15) is 33.6 Å². The molecule has 0 bridgehead atoms. The van der Waals surface area contributed by atoms with Crippen LogP contribution in [0.25, 0.3) is 0 Å². The summed E-state index contributed by atoms with van der Waals surface area (Å²) in [5.41, 5.74) is 0.273. The Balaban J connectivity index is 1.67. The van der Waals surface area contributed by atoms with Gasteiger partial charge < -0.3 is 18.9 Å². The smallest absolute Gasteiger partial charge is 0.344 e. The lowest BCUT2D eigenvalue weighted by Crippen LogP contribution is -2.27. The lowest BCUT2D eigenvalue weighted by molar-refractivity contribution is -0.160. The minimum Gasteiger partial charge on any atom is -0.482 e. The zero-order chi connectivity index (χ0) is 19.2. The lowest BCUT2D eigenvalue weighted by atomic mass is 9.91. The summed E-state index contributed by atoms with van der Waals surface area (Å²) in [5, 5.41) is 0. The SMILES string of the molecule is CCC(C)(C)C(=O)OCCOC(=O)COC1=CCC2OC(=O)C=CC2=C1. The monoisotopic (exact) mass is 364 g/mol. The molecular weight excluding hydrogens is 340 g/mol. The molecule has 0 radical (unpaired) electrons. The van der Waals surface area contributed by atoms with Gasteiger partial charge in [0.25, 0.3) is 0 Å². The summed E-state index contributed by atoms with van der Waals surface area (Å²) in [4.78, 5) is 34.6. The molecule has 2 aliphatic rings. The maximum absolute atomic E-state index is 11.8. The average molecular weight is 364 g/mol. The van der Waals surface area contributed by atoms with E-state index in [0.29, 0.717) is 18.6 Å². The van der Waals surface area contributed by atoms with Crippen molar-refractivity contribution >= 4 is 17.9 Å². The van der Waals surface area contributed by atoms with E-state index >= 15 is 0 Å². The van der Waals surface area contributed by atoms with Crippen LogP contribution in [0.4, 0.5) is 0 Å². The predicted molar refractivity (Wildman–Crippen MR) is 91.7 cm³/mol. The van der Waals surface area contributed by atoms with Crippen LogP contribution >= 0.6 is 0 Å². The van der Waals surface area contributed by atoms with Crippen LogP contribution in [0, 0.1) is 5.41 Å². The van der Waals surface area contributed by atoms with E-state index in [-0.39, 0.29) is 37.9 Å². The number of hydrogen-bond donors (Lipinski definition) is 0. The third-order valence-corrected chi connectivity index (χ3v) is 4.26. The van der Waals surface area contributed by atoms with Crippen LogP contribution in [0.3, 0.4) is 0 Å². The Bertz CT molecular complexity index is 655. The molecule has 1 heterocycles. The van der Waals surface area contributed by atoms with E-state index in [1.54, 1.807) is 32.1 Å². The summed E-state index contributed by atoms with van der Waals surface area (Å²) >= 11 is 0. The third kappa shape index (κ3) is 5.47. The molecule has 0 amide bonds. The number of ether oxygens (including phenoxy) is 4. The summed E-state index contributed by atoms with van der Waals surface area (Å²) < 4.78 is 20.6. The van der Waals surface area contributed by atoms with E-state index < -0.39 is 11.4 Å².